The fourth-order valence-electron chi connectivity index (χ4n) is 3.70. The van der Waals surface area contributed by atoms with Crippen molar-refractivity contribution in [3.63, 3.8) is 0 Å². The molecule has 4 rings (SSSR count). The van der Waals surface area contributed by atoms with Crippen molar-refractivity contribution in [3.8, 4) is 0 Å². The molecule has 1 fully saturated rings. The predicted octanol–water partition coefficient (Wildman–Crippen LogP) is 5.44. The van der Waals surface area contributed by atoms with Crippen LogP contribution in [0.1, 0.15) is 35.3 Å². The number of rotatable bonds is 6. The van der Waals surface area contributed by atoms with Crippen LogP contribution in [0.25, 0.3) is 0 Å². The van der Waals surface area contributed by atoms with Crippen LogP contribution in [-0.2, 0) is 6.42 Å². The van der Waals surface area contributed by atoms with Crippen molar-refractivity contribution in [2.45, 2.75) is 25.3 Å². The number of benzene rings is 2. The van der Waals surface area contributed by atoms with Gasteiger partial charge in [0.05, 0.1) is 16.1 Å². The molecule has 6 nitrogen and oxygen atoms in total. The lowest BCUT2D eigenvalue weighted by Gasteiger charge is -2.29. The van der Waals surface area contributed by atoms with Crippen molar-refractivity contribution in [3.05, 3.63) is 74.7 Å². The summed E-state index contributed by atoms with van der Waals surface area (Å²) in [7, 11) is 0. The van der Waals surface area contributed by atoms with E-state index >= 15 is 0 Å². The average molecular weight is 494 g/mol. The lowest BCUT2D eigenvalue weighted by Crippen LogP contribution is -2.41. The number of nitrogens with zero attached hydrogens (tertiary/aromatic N) is 2. The first-order valence-electron chi connectivity index (χ1n) is 10.3. The summed E-state index contributed by atoms with van der Waals surface area (Å²) in [5.41, 5.74) is 1.50. The molecule has 32 heavy (non-hydrogen) atoms. The Morgan fingerprint density at radius 3 is 2.62 bits per heavy atom. The van der Waals surface area contributed by atoms with Crippen molar-refractivity contribution in [1.29, 1.82) is 0 Å². The summed E-state index contributed by atoms with van der Waals surface area (Å²) in [4.78, 5) is 17.5. The summed E-state index contributed by atoms with van der Waals surface area (Å²) < 4.78 is 17.7. The number of carbonyl (C=O) groups excluding carboxylic acids is 1. The molecule has 2 heterocycles. The van der Waals surface area contributed by atoms with E-state index in [-0.39, 0.29) is 23.8 Å². The summed E-state index contributed by atoms with van der Waals surface area (Å²) in [6.45, 7) is 1.76. The number of hydrogen-bond donors (Lipinski definition) is 3. The molecule has 1 atom stereocenters. The molecule has 1 unspecified atom stereocenters. The number of hydrogen-bond acceptors (Lipinski definition) is 5. The first kappa shape index (κ1) is 22.9. The smallest absolute Gasteiger partial charge is 0.319 e. The van der Waals surface area contributed by atoms with Crippen molar-refractivity contribution < 1.29 is 9.18 Å². The highest BCUT2D eigenvalue weighted by atomic mass is 35.5. The minimum atomic E-state index is -0.359. The van der Waals surface area contributed by atoms with Crippen molar-refractivity contribution in [2.75, 3.05) is 18.4 Å². The van der Waals surface area contributed by atoms with Crippen molar-refractivity contribution >= 4 is 46.5 Å². The van der Waals surface area contributed by atoms with Crippen LogP contribution in [0.4, 0.5) is 14.9 Å². The second-order valence-electron chi connectivity index (χ2n) is 7.64. The largest absolute Gasteiger partial charge is 0.328 e. The average Bonchev–Trinajstić information content (AvgIpc) is 3.25. The van der Waals surface area contributed by atoms with E-state index < -0.39 is 0 Å². The van der Waals surface area contributed by atoms with Gasteiger partial charge in [0.1, 0.15) is 10.8 Å². The maximum absolute atomic E-state index is 13.2. The van der Waals surface area contributed by atoms with Crippen LogP contribution < -0.4 is 16.0 Å². The Bertz CT molecular complexity index is 1070. The first-order chi connectivity index (χ1) is 15.5. The van der Waals surface area contributed by atoms with Crippen LogP contribution in [-0.4, -0.2) is 28.5 Å². The third-order valence-corrected chi connectivity index (χ3v) is 6.81. The van der Waals surface area contributed by atoms with Gasteiger partial charge in [0, 0.05) is 12.1 Å². The third-order valence-electron chi connectivity index (χ3n) is 5.35. The van der Waals surface area contributed by atoms with Crippen LogP contribution >= 0.6 is 34.7 Å². The number of nitrogens with one attached hydrogen (secondary N) is 3. The van der Waals surface area contributed by atoms with Gasteiger partial charge in [-0.1, -0.05) is 35.3 Å². The second-order valence-corrected chi connectivity index (χ2v) is 9.29. The lowest BCUT2D eigenvalue weighted by molar-refractivity contribution is 0.232. The maximum atomic E-state index is 13.2. The molecule has 0 radical (unpaired) electrons. The molecule has 0 aliphatic carbocycles. The zero-order valence-corrected chi connectivity index (χ0v) is 19.4. The van der Waals surface area contributed by atoms with Crippen LogP contribution in [0.5, 0.6) is 0 Å². The van der Waals surface area contributed by atoms with Gasteiger partial charge in [-0.05, 0) is 79.3 Å². The number of anilines is 1. The molecular weight excluding hydrogens is 472 g/mol. The van der Waals surface area contributed by atoms with E-state index in [1.165, 1.54) is 23.7 Å². The number of urea groups is 1. The fraction of sp³-hybridized carbons (Fsp3) is 0.318. The van der Waals surface area contributed by atoms with Gasteiger partial charge < -0.3 is 16.0 Å². The van der Waals surface area contributed by atoms with Gasteiger partial charge in [0.15, 0.2) is 5.82 Å². The monoisotopic (exact) mass is 493 g/mol. The molecule has 0 spiro atoms. The summed E-state index contributed by atoms with van der Waals surface area (Å²) >= 11 is 13.3. The Morgan fingerprint density at radius 1 is 1.16 bits per heavy atom. The summed E-state index contributed by atoms with van der Waals surface area (Å²) in [6, 6.07) is 10.6. The molecule has 3 aromatic rings. The molecule has 2 aromatic carbocycles. The number of piperidine rings is 1. The minimum absolute atomic E-state index is 0.212. The van der Waals surface area contributed by atoms with Gasteiger partial charge in [0.25, 0.3) is 0 Å². The lowest BCUT2D eigenvalue weighted by atomic mass is 9.90. The van der Waals surface area contributed by atoms with E-state index in [1.807, 2.05) is 0 Å². The number of carbonyl (C=O) groups is 1. The molecule has 1 aliphatic heterocycles. The van der Waals surface area contributed by atoms with Crippen LogP contribution in [0, 0.1) is 11.7 Å². The summed E-state index contributed by atoms with van der Waals surface area (Å²) in [5.74, 6) is 0.544. The van der Waals surface area contributed by atoms with E-state index in [4.69, 9.17) is 28.2 Å². The summed E-state index contributed by atoms with van der Waals surface area (Å²) in [5, 5.41) is 10.8. The van der Waals surface area contributed by atoms with Crippen LogP contribution in [0.15, 0.2) is 42.5 Å². The SMILES string of the molecule is O=C(Nc1ccc(Cl)c(Cl)c1)NC(c1nsc(Cc2ccc(F)cc2)n1)C1CCNCC1. The number of halogens is 3. The third kappa shape index (κ3) is 5.95. The van der Waals surface area contributed by atoms with Gasteiger partial charge in [-0.3, -0.25) is 0 Å². The Balaban J connectivity index is 1.49. The Kier molecular flexibility index (Phi) is 7.57. The predicted molar refractivity (Wildman–Crippen MR) is 126 cm³/mol. The highest BCUT2D eigenvalue weighted by Gasteiger charge is 2.30. The topological polar surface area (TPSA) is 78.9 Å². The molecule has 0 saturated carbocycles. The van der Waals surface area contributed by atoms with E-state index in [2.05, 4.69) is 20.3 Å². The van der Waals surface area contributed by atoms with E-state index in [0.29, 0.717) is 28.0 Å². The Labute approximate surface area is 199 Å². The van der Waals surface area contributed by atoms with E-state index in [9.17, 15) is 9.18 Å². The number of amides is 2. The number of aromatic nitrogens is 2. The second kappa shape index (κ2) is 10.6. The summed E-state index contributed by atoms with van der Waals surface area (Å²) in [6.07, 6.45) is 2.38. The van der Waals surface area contributed by atoms with Crippen LogP contribution in [0.3, 0.4) is 0 Å². The Morgan fingerprint density at radius 2 is 1.91 bits per heavy atom. The molecular formula is C22H22Cl2FN5OS. The van der Waals surface area contributed by atoms with Gasteiger partial charge in [-0.25, -0.2) is 14.2 Å². The zero-order chi connectivity index (χ0) is 22.5. The highest BCUT2D eigenvalue weighted by Crippen LogP contribution is 2.29. The van der Waals surface area contributed by atoms with Gasteiger partial charge in [-0.15, -0.1) is 0 Å². The molecule has 1 saturated heterocycles. The Hall–Kier alpha value is -2.26. The molecule has 1 aliphatic rings. The van der Waals surface area contributed by atoms with Gasteiger partial charge in [-0.2, -0.15) is 4.37 Å². The first-order valence-corrected chi connectivity index (χ1v) is 11.8. The standard InChI is InChI=1S/C22H22Cl2FN5OS/c23-17-6-5-16(12-18(17)24)27-22(31)29-20(14-7-9-26-10-8-14)21-28-19(32-30-21)11-13-1-3-15(25)4-2-13/h1-6,12,14,20,26H,7-11H2,(H2,27,29,31). The van der Waals surface area contributed by atoms with E-state index in [0.717, 1.165) is 36.5 Å². The minimum Gasteiger partial charge on any atom is -0.328 e. The molecule has 3 N–H and O–H groups in total. The molecule has 10 heteroatoms. The van der Waals surface area contributed by atoms with E-state index in [1.54, 1.807) is 30.3 Å². The maximum Gasteiger partial charge on any atom is 0.319 e. The quantitative estimate of drug-likeness (QED) is 0.427. The van der Waals surface area contributed by atoms with Gasteiger partial charge in [0.2, 0.25) is 0 Å². The highest BCUT2D eigenvalue weighted by molar-refractivity contribution is 7.05. The van der Waals surface area contributed by atoms with Crippen molar-refractivity contribution in [1.82, 2.24) is 20.0 Å². The van der Waals surface area contributed by atoms with Gasteiger partial charge >= 0.3 is 6.03 Å². The fourth-order valence-corrected chi connectivity index (χ4v) is 4.71. The molecule has 0 bridgehead atoms. The molecule has 2 amide bonds. The van der Waals surface area contributed by atoms with Crippen molar-refractivity contribution in [2.24, 2.45) is 5.92 Å². The zero-order valence-electron chi connectivity index (χ0n) is 17.1. The molecule has 1 aromatic heterocycles. The normalized spacial score (nSPS) is 15.3. The van der Waals surface area contributed by atoms with Crippen LogP contribution in [0.2, 0.25) is 10.0 Å². The molecule has 168 valence electrons.